The van der Waals surface area contributed by atoms with E-state index in [1.165, 1.54) is 11.3 Å². The second kappa shape index (κ2) is 7.31. The standard InChI is InChI=1S/C12H18BrNS/c1-2-11(14)6-4-8-15-12-7-3-5-10(13)9-12/h3,5,7,9,11H,2,4,6,8,14H2,1H3. The fourth-order valence-electron chi connectivity index (χ4n) is 1.30. The third-order valence-corrected chi connectivity index (χ3v) is 3.88. The van der Waals surface area contributed by atoms with E-state index in [4.69, 9.17) is 5.73 Å². The monoisotopic (exact) mass is 287 g/mol. The molecule has 0 heterocycles. The summed E-state index contributed by atoms with van der Waals surface area (Å²) in [6.45, 7) is 2.14. The summed E-state index contributed by atoms with van der Waals surface area (Å²) in [6.07, 6.45) is 3.42. The molecule has 1 unspecified atom stereocenters. The first-order chi connectivity index (χ1) is 7.22. The second-order valence-corrected chi connectivity index (χ2v) is 5.70. The van der Waals surface area contributed by atoms with E-state index in [-0.39, 0.29) is 0 Å². The SMILES string of the molecule is CCC(N)CCCSc1cccc(Br)c1. The van der Waals surface area contributed by atoms with Crippen LogP contribution in [0.5, 0.6) is 0 Å². The van der Waals surface area contributed by atoms with Crippen molar-refractivity contribution in [2.75, 3.05) is 5.75 Å². The maximum absolute atomic E-state index is 5.86. The van der Waals surface area contributed by atoms with Crippen molar-refractivity contribution in [3.05, 3.63) is 28.7 Å². The summed E-state index contributed by atoms with van der Waals surface area (Å²) in [4.78, 5) is 1.33. The quantitative estimate of drug-likeness (QED) is 0.631. The molecule has 84 valence electrons. The highest BCUT2D eigenvalue weighted by Crippen LogP contribution is 2.22. The van der Waals surface area contributed by atoms with Crippen LogP contribution in [0.25, 0.3) is 0 Å². The Balaban J connectivity index is 2.20. The Morgan fingerprint density at radius 2 is 2.27 bits per heavy atom. The second-order valence-electron chi connectivity index (χ2n) is 3.62. The summed E-state index contributed by atoms with van der Waals surface area (Å²) in [5.41, 5.74) is 5.86. The fraction of sp³-hybridized carbons (Fsp3) is 0.500. The third-order valence-electron chi connectivity index (χ3n) is 2.31. The van der Waals surface area contributed by atoms with E-state index < -0.39 is 0 Å². The van der Waals surface area contributed by atoms with Gasteiger partial charge in [0, 0.05) is 15.4 Å². The Kier molecular flexibility index (Phi) is 6.37. The summed E-state index contributed by atoms with van der Waals surface area (Å²) in [6, 6.07) is 8.81. The van der Waals surface area contributed by atoms with Crippen molar-refractivity contribution in [1.29, 1.82) is 0 Å². The van der Waals surface area contributed by atoms with Crippen LogP contribution in [0.3, 0.4) is 0 Å². The molecule has 0 saturated carbocycles. The van der Waals surface area contributed by atoms with Gasteiger partial charge < -0.3 is 5.73 Å². The lowest BCUT2D eigenvalue weighted by molar-refractivity contribution is 0.589. The minimum absolute atomic E-state index is 0.383. The van der Waals surface area contributed by atoms with Gasteiger partial charge in [-0.1, -0.05) is 28.9 Å². The van der Waals surface area contributed by atoms with Gasteiger partial charge in [0.25, 0.3) is 0 Å². The van der Waals surface area contributed by atoms with E-state index in [0.29, 0.717) is 6.04 Å². The number of halogens is 1. The molecular formula is C12H18BrNS. The average molecular weight is 288 g/mol. The number of nitrogens with two attached hydrogens (primary N) is 1. The van der Waals surface area contributed by atoms with Gasteiger partial charge in [-0.25, -0.2) is 0 Å². The molecule has 1 rings (SSSR count). The van der Waals surface area contributed by atoms with Crippen molar-refractivity contribution in [3.63, 3.8) is 0 Å². The van der Waals surface area contributed by atoms with E-state index in [2.05, 4.69) is 47.1 Å². The molecule has 0 bridgehead atoms. The van der Waals surface area contributed by atoms with Gasteiger partial charge in [0.15, 0.2) is 0 Å². The van der Waals surface area contributed by atoms with E-state index in [0.717, 1.165) is 23.1 Å². The number of thioether (sulfide) groups is 1. The minimum atomic E-state index is 0.383. The summed E-state index contributed by atoms with van der Waals surface area (Å²) in [5, 5.41) is 0. The van der Waals surface area contributed by atoms with Crippen LogP contribution in [0.2, 0.25) is 0 Å². The smallest absolute Gasteiger partial charge is 0.0186 e. The number of hydrogen-bond acceptors (Lipinski definition) is 2. The molecule has 0 saturated heterocycles. The molecule has 0 aliphatic rings. The van der Waals surface area contributed by atoms with Gasteiger partial charge in [0.1, 0.15) is 0 Å². The molecular weight excluding hydrogens is 270 g/mol. The maximum Gasteiger partial charge on any atom is 0.0186 e. The van der Waals surface area contributed by atoms with Crippen LogP contribution >= 0.6 is 27.7 Å². The van der Waals surface area contributed by atoms with Crippen molar-refractivity contribution < 1.29 is 0 Å². The highest BCUT2D eigenvalue weighted by atomic mass is 79.9. The van der Waals surface area contributed by atoms with Crippen LogP contribution in [0, 0.1) is 0 Å². The van der Waals surface area contributed by atoms with Crippen molar-refractivity contribution in [1.82, 2.24) is 0 Å². The molecule has 1 atom stereocenters. The largest absolute Gasteiger partial charge is 0.328 e. The molecule has 0 fully saturated rings. The van der Waals surface area contributed by atoms with E-state index >= 15 is 0 Å². The highest BCUT2D eigenvalue weighted by molar-refractivity contribution is 9.10. The fourth-order valence-corrected chi connectivity index (χ4v) is 2.78. The van der Waals surface area contributed by atoms with Crippen LogP contribution in [-0.2, 0) is 0 Å². The van der Waals surface area contributed by atoms with Gasteiger partial charge in [-0.15, -0.1) is 11.8 Å². The van der Waals surface area contributed by atoms with Crippen LogP contribution in [0.4, 0.5) is 0 Å². The zero-order chi connectivity index (χ0) is 11.1. The first kappa shape index (κ1) is 13.1. The third kappa shape index (κ3) is 5.59. The van der Waals surface area contributed by atoms with Gasteiger partial charge in [-0.2, -0.15) is 0 Å². The predicted octanol–water partition coefficient (Wildman–Crippen LogP) is 4.06. The molecule has 1 aromatic rings. The van der Waals surface area contributed by atoms with Crippen molar-refractivity contribution >= 4 is 27.7 Å². The highest BCUT2D eigenvalue weighted by Gasteiger charge is 1.99. The first-order valence-corrected chi connectivity index (χ1v) is 7.14. The molecule has 0 aromatic heterocycles. The Morgan fingerprint density at radius 3 is 2.93 bits per heavy atom. The lowest BCUT2D eigenvalue weighted by atomic mass is 10.1. The van der Waals surface area contributed by atoms with Gasteiger partial charge in [-0.05, 0) is 43.2 Å². The molecule has 0 radical (unpaired) electrons. The number of rotatable bonds is 6. The maximum atomic E-state index is 5.86. The van der Waals surface area contributed by atoms with Gasteiger partial charge in [0.2, 0.25) is 0 Å². The summed E-state index contributed by atoms with van der Waals surface area (Å²) < 4.78 is 1.15. The van der Waals surface area contributed by atoms with E-state index in [1.54, 1.807) is 0 Å². The molecule has 0 aliphatic carbocycles. The molecule has 0 spiro atoms. The Hall–Kier alpha value is 0.01000. The molecule has 0 aliphatic heterocycles. The Morgan fingerprint density at radius 1 is 1.47 bits per heavy atom. The van der Waals surface area contributed by atoms with E-state index in [9.17, 15) is 0 Å². The zero-order valence-electron chi connectivity index (χ0n) is 9.08. The molecule has 0 amide bonds. The zero-order valence-corrected chi connectivity index (χ0v) is 11.5. The summed E-state index contributed by atoms with van der Waals surface area (Å²) >= 11 is 5.37. The first-order valence-electron chi connectivity index (χ1n) is 5.36. The normalized spacial score (nSPS) is 12.7. The lowest BCUT2D eigenvalue weighted by Crippen LogP contribution is -2.18. The van der Waals surface area contributed by atoms with Crippen LogP contribution in [0.1, 0.15) is 26.2 Å². The van der Waals surface area contributed by atoms with Crippen molar-refractivity contribution in [2.45, 2.75) is 37.1 Å². The Bertz CT molecular complexity index is 291. The molecule has 1 nitrogen and oxygen atoms in total. The molecule has 1 aromatic carbocycles. The predicted molar refractivity (Wildman–Crippen MR) is 72.4 cm³/mol. The van der Waals surface area contributed by atoms with Crippen LogP contribution in [-0.4, -0.2) is 11.8 Å². The van der Waals surface area contributed by atoms with Gasteiger partial charge in [-0.3, -0.25) is 0 Å². The molecule has 3 heteroatoms. The van der Waals surface area contributed by atoms with Crippen molar-refractivity contribution in [3.8, 4) is 0 Å². The van der Waals surface area contributed by atoms with Gasteiger partial charge >= 0.3 is 0 Å². The molecule has 2 N–H and O–H groups in total. The van der Waals surface area contributed by atoms with E-state index in [1.807, 2.05) is 11.8 Å². The molecule has 15 heavy (non-hydrogen) atoms. The Labute approximate surface area is 105 Å². The summed E-state index contributed by atoms with van der Waals surface area (Å²) in [5.74, 6) is 1.16. The van der Waals surface area contributed by atoms with Crippen LogP contribution in [0.15, 0.2) is 33.6 Å². The topological polar surface area (TPSA) is 26.0 Å². The average Bonchev–Trinajstić information content (AvgIpc) is 2.24. The lowest BCUT2D eigenvalue weighted by Gasteiger charge is -2.07. The van der Waals surface area contributed by atoms with Crippen LogP contribution < -0.4 is 5.73 Å². The van der Waals surface area contributed by atoms with Crippen molar-refractivity contribution in [2.24, 2.45) is 5.73 Å². The van der Waals surface area contributed by atoms with Gasteiger partial charge in [0.05, 0.1) is 0 Å². The summed E-state index contributed by atoms with van der Waals surface area (Å²) in [7, 11) is 0. The minimum Gasteiger partial charge on any atom is -0.328 e. The number of benzene rings is 1. The number of hydrogen-bond donors (Lipinski definition) is 1.